The summed E-state index contributed by atoms with van der Waals surface area (Å²) in [7, 11) is 1.54. The zero-order chi connectivity index (χ0) is 6.41. The molecule has 0 radical (unpaired) electrons. The van der Waals surface area contributed by atoms with Crippen molar-refractivity contribution in [2.24, 2.45) is 4.99 Å². The molecule has 0 aliphatic rings. The molecule has 3 heteroatoms. The van der Waals surface area contributed by atoms with Gasteiger partial charge in [-0.2, -0.15) is 0 Å². The SMILES string of the molecule is CC=NC(=N)COC. The molecule has 0 saturated heterocycles. The van der Waals surface area contributed by atoms with Crippen molar-refractivity contribution in [2.45, 2.75) is 6.92 Å². The standard InChI is InChI=1S/C5H10N2O/c1-3-7-5(6)4-8-2/h3,6H,4H2,1-2H3. The van der Waals surface area contributed by atoms with Crippen LogP contribution in [0.4, 0.5) is 0 Å². The van der Waals surface area contributed by atoms with Crippen LogP contribution in [-0.4, -0.2) is 25.8 Å². The third-order valence-electron chi connectivity index (χ3n) is 0.566. The topological polar surface area (TPSA) is 45.4 Å². The van der Waals surface area contributed by atoms with Crippen LogP contribution in [0.5, 0.6) is 0 Å². The van der Waals surface area contributed by atoms with Gasteiger partial charge >= 0.3 is 0 Å². The Labute approximate surface area is 48.9 Å². The van der Waals surface area contributed by atoms with Gasteiger partial charge in [-0.3, -0.25) is 5.41 Å². The van der Waals surface area contributed by atoms with Crippen LogP contribution in [0.3, 0.4) is 0 Å². The molecular formula is C5H10N2O. The Morgan fingerprint density at radius 1 is 1.88 bits per heavy atom. The summed E-state index contributed by atoms with van der Waals surface area (Å²) in [6.07, 6.45) is 1.57. The van der Waals surface area contributed by atoms with E-state index in [-0.39, 0.29) is 5.84 Å². The lowest BCUT2D eigenvalue weighted by Crippen LogP contribution is -2.00. The van der Waals surface area contributed by atoms with Crippen LogP contribution in [0.2, 0.25) is 0 Å². The highest BCUT2D eigenvalue weighted by Crippen LogP contribution is 1.74. The average Bonchev–Trinajstić information content (AvgIpc) is 1.68. The van der Waals surface area contributed by atoms with Crippen LogP contribution < -0.4 is 0 Å². The van der Waals surface area contributed by atoms with Gasteiger partial charge in [-0.25, -0.2) is 4.99 Å². The van der Waals surface area contributed by atoms with Crippen LogP contribution in [0.1, 0.15) is 6.92 Å². The smallest absolute Gasteiger partial charge is 0.146 e. The van der Waals surface area contributed by atoms with E-state index in [1.807, 2.05) is 0 Å². The van der Waals surface area contributed by atoms with Gasteiger partial charge in [0.05, 0.1) is 0 Å². The molecule has 3 nitrogen and oxygen atoms in total. The Morgan fingerprint density at radius 2 is 2.50 bits per heavy atom. The van der Waals surface area contributed by atoms with Gasteiger partial charge in [0, 0.05) is 13.3 Å². The molecule has 0 fully saturated rings. The second kappa shape index (κ2) is 4.46. The molecular weight excluding hydrogens is 104 g/mol. The number of aliphatic imine (C=N–C) groups is 1. The number of ether oxygens (including phenoxy) is 1. The van der Waals surface area contributed by atoms with Crippen LogP contribution in [-0.2, 0) is 4.74 Å². The van der Waals surface area contributed by atoms with Crippen LogP contribution in [0.15, 0.2) is 4.99 Å². The third-order valence-corrected chi connectivity index (χ3v) is 0.566. The van der Waals surface area contributed by atoms with E-state index in [9.17, 15) is 0 Å². The summed E-state index contributed by atoms with van der Waals surface area (Å²) in [6, 6.07) is 0. The molecule has 1 N–H and O–H groups in total. The highest BCUT2D eigenvalue weighted by Gasteiger charge is 1.85. The Hall–Kier alpha value is -0.700. The Balaban J connectivity index is 3.33. The van der Waals surface area contributed by atoms with Gasteiger partial charge in [-0.1, -0.05) is 0 Å². The van der Waals surface area contributed by atoms with E-state index < -0.39 is 0 Å². The van der Waals surface area contributed by atoms with E-state index in [4.69, 9.17) is 5.41 Å². The van der Waals surface area contributed by atoms with E-state index in [2.05, 4.69) is 9.73 Å². The largest absolute Gasteiger partial charge is 0.377 e. The number of methoxy groups -OCH3 is 1. The molecule has 0 aromatic heterocycles. The Bertz CT molecular complexity index is 98.6. The van der Waals surface area contributed by atoms with Gasteiger partial charge in [0.2, 0.25) is 0 Å². The second-order valence-corrected chi connectivity index (χ2v) is 1.27. The fraction of sp³-hybridized carbons (Fsp3) is 0.600. The number of hydrogen-bond donors (Lipinski definition) is 1. The van der Waals surface area contributed by atoms with Crippen molar-refractivity contribution in [3.05, 3.63) is 0 Å². The van der Waals surface area contributed by atoms with Crippen molar-refractivity contribution in [1.82, 2.24) is 0 Å². The zero-order valence-corrected chi connectivity index (χ0v) is 5.14. The number of nitrogens with zero attached hydrogens (tertiary/aromatic N) is 1. The molecule has 0 aliphatic heterocycles. The second-order valence-electron chi connectivity index (χ2n) is 1.27. The summed E-state index contributed by atoms with van der Waals surface area (Å²) in [5.74, 6) is 0.259. The highest BCUT2D eigenvalue weighted by molar-refractivity contribution is 5.87. The van der Waals surface area contributed by atoms with Crippen molar-refractivity contribution in [3.8, 4) is 0 Å². The number of hydrogen-bond acceptors (Lipinski definition) is 2. The van der Waals surface area contributed by atoms with Gasteiger partial charge in [0.15, 0.2) is 0 Å². The molecule has 0 bridgehead atoms. The highest BCUT2D eigenvalue weighted by atomic mass is 16.5. The van der Waals surface area contributed by atoms with E-state index in [1.165, 1.54) is 0 Å². The molecule has 0 saturated carbocycles. The summed E-state index contributed by atoms with van der Waals surface area (Å²) in [5.41, 5.74) is 0. The first-order chi connectivity index (χ1) is 3.81. The summed E-state index contributed by atoms with van der Waals surface area (Å²) in [4.78, 5) is 3.65. The average molecular weight is 114 g/mol. The quantitative estimate of drug-likeness (QED) is 0.417. The molecule has 8 heavy (non-hydrogen) atoms. The molecule has 0 aromatic carbocycles. The maximum absolute atomic E-state index is 6.97. The molecule has 0 spiro atoms. The molecule has 0 aromatic rings. The van der Waals surface area contributed by atoms with Crippen LogP contribution in [0, 0.1) is 5.41 Å². The van der Waals surface area contributed by atoms with E-state index >= 15 is 0 Å². The van der Waals surface area contributed by atoms with E-state index in [0.29, 0.717) is 6.61 Å². The molecule has 0 aliphatic carbocycles. The van der Waals surface area contributed by atoms with E-state index in [0.717, 1.165) is 0 Å². The molecule has 46 valence electrons. The van der Waals surface area contributed by atoms with Crippen LogP contribution >= 0.6 is 0 Å². The summed E-state index contributed by atoms with van der Waals surface area (Å²) in [6.45, 7) is 2.06. The first-order valence-corrected chi connectivity index (χ1v) is 2.36. The third kappa shape index (κ3) is 3.49. The van der Waals surface area contributed by atoms with Crippen molar-refractivity contribution in [3.63, 3.8) is 0 Å². The normalized spacial score (nSPS) is 10.2. The Kier molecular flexibility index (Phi) is 4.07. The lowest BCUT2D eigenvalue weighted by molar-refractivity contribution is 0.244. The lowest BCUT2D eigenvalue weighted by atomic mass is 10.6. The van der Waals surface area contributed by atoms with Crippen molar-refractivity contribution < 1.29 is 4.74 Å². The fourth-order valence-corrected chi connectivity index (χ4v) is 0.330. The molecule has 0 rings (SSSR count). The lowest BCUT2D eigenvalue weighted by Gasteiger charge is -1.91. The maximum Gasteiger partial charge on any atom is 0.146 e. The number of amidine groups is 1. The minimum Gasteiger partial charge on any atom is -0.377 e. The van der Waals surface area contributed by atoms with Gasteiger partial charge in [-0.15, -0.1) is 0 Å². The Morgan fingerprint density at radius 3 is 2.88 bits per heavy atom. The predicted molar refractivity (Wildman–Crippen MR) is 33.8 cm³/mol. The monoisotopic (exact) mass is 114 g/mol. The van der Waals surface area contributed by atoms with Gasteiger partial charge < -0.3 is 4.74 Å². The zero-order valence-electron chi connectivity index (χ0n) is 5.14. The minimum absolute atomic E-state index is 0.259. The molecule has 0 heterocycles. The molecule has 0 atom stereocenters. The predicted octanol–water partition coefficient (Wildman–Crippen LogP) is 0.701. The summed E-state index contributed by atoms with van der Waals surface area (Å²) < 4.78 is 4.62. The first kappa shape index (κ1) is 7.30. The number of rotatable bonds is 2. The molecule has 0 unspecified atom stereocenters. The van der Waals surface area contributed by atoms with Crippen LogP contribution in [0.25, 0.3) is 0 Å². The minimum atomic E-state index is 0.259. The fourth-order valence-electron chi connectivity index (χ4n) is 0.330. The van der Waals surface area contributed by atoms with Crippen molar-refractivity contribution in [2.75, 3.05) is 13.7 Å². The van der Waals surface area contributed by atoms with Gasteiger partial charge in [0.1, 0.15) is 12.4 Å². The summed E-state index contributed by atoms with van der Waals surface area (Å²) in [5, 5.41) is 6.97. The first-order valence-electron chi connectivity index (χ1n) is 2.36. The van der Waals surface area contributed by atoms with E-state index in [1.54, 1.807) is 20.2 Å². The molecule has 0 amide bonds. The number of nitrogens with one attached hydrogen (secondary N) is 1. The maximum atomic E-state index is 6.97. The van der Waals surface area contributed by atoms with Gasteiger partial charge in [0.25, 0.3) is 0 Å². The summed E-state index contributed by atoms with van der Waals surface area (Å²) >= 11 is 0. The van der Waals surface area contributed by atoms with Crippen molar-refractivity contribution in [1.29, 1.82) is 5.41 Å². The van der Waals surface area contributed by atoms with Crippen molar-refractivity contribution >= 4 is 12.1 Å². The van der Waals surface area contributed by atoms with Gasteiger partial charge in [-0.05, 0) is 6.92 Å².